The van der Waals surface area contributed by atoms with Gasteiger partial charge in [-0.3, -0.25) is 9.59 Å². The van der Waals surface area contributed by atoms with E-state index in [2.05, 4.69) is 17.1 Å². The molecule has 4 rings (SSSR count). The number of benzene rings is 2. The first-order valence-electron chi connectivity index (χ1n) is 11.5. The molecule has 1 aliphatic carbocycles. The van der Waals surface area contributed by atoms with Crippen LogP contribution in [0.3, 0.4) is 0 Å². The van der Waals surface area contributed by atoms with E-state index in [1.807, 2.05) is 48.5 Å². The number of anilines is 1. The predicted molar refractivity (Wildman–Crippen MR) is 121 cm³/mol. The van der Waals surface area contributed by atoms with Gasteiger partial charge in [0, 0.05) is 29.4 Å². The van der Waals surface area contributed by atoms with Crippen molar-refractivity contribution in [3.05, 3.63) is 65.2 Å². The fourth-order valence-electron chi connectivity index (χ4n) is 5.05. The molecule has 0 bridgehead atoms. The van der Waals surface area contributed by atoms with Gasteiger partial charge >= 0.3 is 0 Å². The van der Waals surface area contributed by atoms with Crippen molar-refractivity contribution in [1.29, 1.82) is 0 Å². The van der Waals surface area contributed by atoms with E-state index in [0.29, 0.717) is 28.8 Å². The van der Waals surface area contributed by atoms with Crippen LogP contribution in [0.15, 0.2) is 48.5 Å². The van der Waals surface area contributed by atoms with E-state index in [4.69, 9.17) is 0 Å². The third-order valence-electron chi connectivity index (χ3n) is 6.65. The van der Waals surface area contributed by atoms with Crippen LogP contribution in [0, 0.1) is 5.92 Å². The molecule has 0 radical (unpaired) electrons. The molecular formula is C26H32N2O2. The van der Waals surface area contributed by atoms with Gasteiger partial charge in [0.25, 0.3) is 11.8 Å². The quantitative estimate of drug-likeness (QED) is 0.696. The molecule has 1 saturated carbocycles. The van der Waals surface area contributed by atoms with Crippen molar-refractivity contribution in [3.63, 3.8) is 0 Å². The highest BCUT2D eigenvalue weighted by molar-refractivity contribution is 6.04. The Bertz CT molecular complexity index is 871. The van der Waals surface area contributed by atoms with Crippen LogP contribution in [-0.4, -0.2) is 29.3 Å². The molecule has 30 heavy (non-hydrogen) atoms. The van der Waals surface area contributed by atoms with Crippen molar-refractivity contribution < 1.29 is 9.59 Å². The van der Waals surface area contributed by atoms with Crippen LogP contribution in [0.4, 0.5) is 5.69 Å². The van der Waals surface area contributed by atoms with Gasteiger partial charge in [0.05, 0.1) is 0 Å². The van der Waals surface area contributed by atoms with Crippen molar-refractivity contribution in [1.82, 2.24) is 4.90 Å². The molecule has 2 aromatic rings. The summed E-state index contributed by atoms with van der Waals surface area (Å²) in [5, 5.41) is 2.94. The Morgan fingerprint density at radius 3 is 2.30 bits per heavy atom. The fraction of sp³-hybridized carbons (Fsp3) is 0.462. The van der Waals surface area contributed by atoms with Crippen molar-refractivity contribution in [2.75, 3.05) is 11.9 Å². The minimum Gasteiger partial charge on any atom is -0.335 e. The van der Waals surface area contributed by atoms with Gasteiger partial charge in [-0.2, -0.15) is 0 Å². The molecule has 2 aromatic carbocycles. The summed E-state index contributed by atoms with van der Waals surface area (Å²) in [6, 6.07) is 15.5. The van der Waals surface area contributed by atoms with Crippen LogP contribution in [0.2, 0.25) is 0 Å². The van der Waals surface area contributed by atoms with Crippen LogP contribution >= 0.6 is 0 Å². The summed E-state index contributed by atoms with van der Waals surface area (Å²) >= 11 is 0. The van der Waals surface area contributed by atoms with E-state index in [-0.39, 0.29) is 11.8 Å². The molecule has 1 N–H and O–H groups in total. The number of aryl methyl sites for hydroxylation is 1. The van der Waals surface area contributed by atoms with Gasteiger partial charge in [0.2, 0.25) is 0 Å². The zero-order chi connectivity index (χ0) is 20.9. The van der Waals surface area contributed by atoms with Gasteiger partial charge in [0.15, 0.2) is 0 Å². The number of hydrogen-bond acceptors (Lipinski definition) is 2. The van der Waals surface area contributed by atoms with Crippen molar-refractivity contribution in [2.45, 2.75) is 64.3 Å². The summed E-state index contributed by atoms with van der Waals surface area (Å²) in [5.74, 6) is 0.688. The van der Waals surface area contributed by atoms with E-state index in [0.717, 1.165) is 32.2 Å². The van der Waals surface area contributed by atoms with Crippen molar-refractivity contribution in [2.24, 2.45) is 5.92 Å². The molecule has 1 heterocycles. The lowest BCUT2D eigenvalue weighted by Crippen LogP contribution is -2.49. The summed E-state index contributed by atoms with van der Waals surface area (Å²) in [7, 11) is 0. The molecular weight excluding hydrogens is 372 g/mol. The number of fused-ring (bicyclic) bond motifs is 1. The van der Waals surface area contributed by atoms with E-state index in [9.17, 15) is 9.59 Å². The van der Waals surface area contributed by atoms with Gasteiger partial charge in [-0.05, 0) is 80.0 Å². The average Bonchev–Trinajstić information content (AvgIpc) is 2.79. The molecule has 0 aromatic heterocycles. The normalized spacial score (nSPS) is 21.0. The van der Waals surface area contributed by atoms with Crippen LogP contribution in [0.5, 0.6) is 0 Å². The number of likely N-dealkylation sites (tertiary alicyclic amines) is 1. The lowest BCUT2D eigenvalue weighted by atomic mass is 9.78. The van der Waals surface area contributed by atoms with Crippen LogP contribution in [-0.2, 0) is 6.42 Å². The van der Waals surface area contributed by atoms with E-state index in [1.165, 1.54) is 31.2 Å². The Hall–Kier alpha value is -2.62. The molecule has 1 saturated heterocycles. The lowest BCUT2D eigenvalue weighted by molar-refractivity contribution is 0.0390. The van der Waals surface area contributed by atoms with Gasteiger partial charge in [-0.15, -0.1) is 0 Å². The lowest BCUT2D eigenvalue weighted by Gasteiger charge is -2.44. The number of hydrogen-bond donors (Lipinski definition) is 1. The average molecular weight is 405 g/mol. The summed E-state index contributed by atoms with van der Waals surface area (Å²) in [4.78, 5) is 27.8. The second-order valence-corrected chi connectivity index (χ2v) is 8.73. The molecule has 2 fully saturated rings. The first kappa shape index (κ1) is 20.6. The second kappa shape index (κ2) is 9.46. The predicted octanol–water partition coefficient (Wildman–Crippen LogP) is 5.69. The molecule has 4 heteroatoms. The van der Waals surface area contributed by atoms with E-state index < -0.39 is 0 Å². The highest BCUT2D eigenvalue weighted by Crippen LogP contribution is 2.36. The molecule has 0 spiro atoms. The topological polar surface area (TPSA) is 49.4 Å². The standard InChI is InChI=1S/C26H32N2O2/c1-2-6-19-10-12-21(13-11-19)25(29)27-23-16-14-22(15-17-23)26(30)28-18-5-8-20-7-3-4-9-24(20)28/h10-17,20,24H,2-9,18H2,1H3,(H,27,29)/t20?,24-/m0/s1. The number of nitrogens with zero attached hydrogens (tertiary/aromatic N) is 1. The minimum atomic E-state index is -0.127. The Morgan fingerprint density at radius 2 is 1.57 bits per heavy atom. The maximum absolute atomic E-state index is 13.1. The fourth-order valence-corrected chi connectivity index (χ4v) is 5.05. The molecule has 2 atom stereocenters. The van der Waals surface area contributed by atoms with Crippen molar-refractivity contribution in [3.8, 4) is 0 Å². The summed E-state index contributed by atoms with van der Waals surface area (Å²) in [5.41, 5.74) is 3.31. The summed E-state index contributed by atoms with van der Waals surface area (Å²) < 4.78 is 0. The largest absolute Gasteiger partial charge is 0.335 e. The molecule has 158 valence electrons. The van der Waals surface area contributed by atoms with Crippen molar-refractivity contribution >= 4 is 17.5 Å². The number of rotatable bonds is 5. The number of carbonyl (C=O) groups is 2. The molecule has 2 aliphatic rings. The zero-order valence-corrected chi connectivity index (χ0v) is 17.9. The summed E-state index contributed by atoms with van der Waals surface area (Å²) in [6.07, 6.45) is 9.43. The zero-order valence-electron chi connectivity index (χ0n) is 17.9. The smallest absolute Gasteiger partial charge is 0.255 e. The number of piperidine rings is 1. The first-order chi connectivity index (χ1) is 14.7. The van der Waals surface area contributed by atoms with Crippen LogP contribution in [0.1, 0.15) is 78.1 Å². The third kappa shape index (κ3) is 4.58. The molecule has 2 amide bonds. The summed E-state index contributed by atoms with van der Waals surface area (Å²) in [6.45, 7) is 3.01. The van der Waals surface area contributed by atoms with Gasteiger partial charge in [-0.25, -0.2) is 0 Å². The SMILES string of the molecule is CCCc1ccc(C(=O)Nc2ccc(C(=O)N3CCCC4CCCC[C@@H]43)cc2)cc1. The third-order valence-corrected chi connectivity index (χ3v) is 6.65. The maximum Gasteiger partial charge on any atom is 0.255 e. The first-order valence-corrected chi connectivity index (χ1v) is 11.5. The molecule has 1 unspecified atom stereocenters. The van der Waals surface area contributed by atoms with E-state index in [1.54, 1.807) is 0 Å². The Kier molecular flexibility index (Phi) is 6.51. The molecule has 4 nitrogen and oxygen atoms in total. The second-order valence-electron chi connectivity index (χ2n) is 8.73. The minimum absolute atomic E-state index is 0.127. The number of carbonyl (C=O) groups excluding carboxylic acids is 2. The number of amides is 2. The van der Waals surface area contributed by atoms with Gasteiger partial charge in [-0.1, -0.05) is 38.3 Å². The van der Waals surface area contributed by atoms with Gasteiger partial charge in [0.1, 0.15) is 0 Å². The highest BCUT2D eigenvalue weighted by atomic mass is 16.2. The van der Waals surface area contributed by atoms with Gasteiger partial charge < -0.3 is 10.2 Å². The Balaban J connectivity index is 1.39. The Labute approximate surface area is 179 Å². The van der Waals surface area contributed by atoms with Crippen LogP contribution in [0.25, 0.3) is 0 Å². The number of nitrogens with one attached hydrogen (secondary N) is 1. The molecule has 1 aliphatic heterocycles. The monoisotopic (exact) mass is 404 g/mol. The highest BCUT2D eigenvalue weighted by Gasteiger charge is 2.35. The van der Waals surface area contributed by atoms with E-state index >= 15 is 0 Å². The van der Waals surface area contributed by atoms with Crippen LogP contribution < -0.4 is 5.32 Å². The Morgan fingerprint density at radius 1 is 0.900 bits per heavy atom. The maximum atomic E-state index is 13.1.